The Bertz CT molecular complexity index is 995. The van der Waals surface area contributed by atoms with E-state index in [0.717, 1.165) is 5.56 Å². The highest BCUT2D eigenvalue weighted by Gasteiger charge is 2.16. The molecule has 0 atom stereocenters. The Morgan fingerprint density at radius 3 is 2.19 bits per heavy atom. The van der Waals surface area contributed by atoms with E-state index in [1.807, 2.05) is 36.4 Å². The molecule has 0 spiro atoms. The van der Waals surface area contributed by atoms with Gasteiger partial charge < -0.3 is 5.32 Å². The second-order valence-electron chi connectivity index (χ2n) is 6.08. The normalized spacial score (nSPS) is 11.1. The summed E-state index contributed by atoms with van der Waals surface area (Å²) >= 11 is 6.08. The molecular formula is C23H18ClNO2. The molecule has 0 unspecified atom stereocenters. The zero-order valence-corrected chi connectivity index (χ0v) is 15.5. The summed E-state index contributed by atoms with van der Waals surface area (Å²) in [5.74, 6) is -0.471. The molecule has 0 saturated carbocycles. The Morgan fingerprint density at radius 2 is 1.52 bits per heavy atom. The second kappa shape index (κ2) is 8.47. The second-order valence-corrected chi connectivity index (χ2v) is 6.51. The van der Waals surface area contributed by atoms with Crippen molar-refractivity contribution in [3.05, 3.63) is 106 Å². The first-order chi connectivity index (χ1) is 13.0. The summed E-state index contributed by atoms with van der Waals surface area (Å²) in [6.07, 6.45) is 1.80. The highest BCUT2D eigenvalue weighted by atomic mass is 35.5. The van der Waals surface area contributed by atoms with Gasteiger partial charge in [-0.3, -0.25) is 9.59 Å². The van der Waals surface area contributed by atoms with Crippen molar-refractivity contribution < 1.29 is 9.59 Å². The van der Waals surface area contributed by atoms with Crippen LogP contribution >= 0.6 is 11.6 Å². The molecule has 1 N–H and O–H groups in total. The first kappa shape index (κ1) is 18.6. The topological polar surface area (TPSA) is 46.2 Å². The highest BCUT2D eigenvalue weighted by molar-refractivity contribution is 6.31. The van der Waals surface area contributed by atoms with Crippen LogP contribution in [0.3, 0.4) is 0 Å². The van der Waals surface area contributed by atoms with Crippen LogP contribution in [-0.2, 0) is 4.79 Å². The van der Waals surface area contributed by atoms with Crippen LogP contribution in [-0.4, -0.2) is 11.7 Å². The number of carbonyl (C=O) groups excluding carboxylic acids is 2. The van der Waals surface area contributed by atoms with E-state index in [1.54, 1.807) is 55.5 Å². The molecule has 0 aliphatic rings. The van der Waals surface area contributed by atoms with Gasteiger partial charge in [-0.2, -0.15) is 0 Å². The van der Waals surface area contributed by atoms with Crippen molar-refractivity contribution in [1.29, 1.82) is 0 Å². The van der Waals surface area contributed by atoms with Crippen LogP contribution in [0.1, 0.15) is 28.4 Å². The van der Waals surface area contributed by atoms with Crippen molar-refractivity contribution >= 4 is 35.1 Å². The zero-order valence-electron chi connectivity index (χ0n) is 14.8. The van der Waals surface area contributed by atoms with Crippen LogP contribution in [0.25, 0.3) is 6.08 Å². The maximum atomic E-state index is 12.8. The number of halogens is 1. The third-order valence-electron chi connectivity index (χ3n) is 4.05. The maximum Gasteiger partial charge on any atom is 0.251 e. The van der Waals surface area contributed by atoms with Gasteiger partial charge in [0.2, 0.25) is 0 Å². The van der Waals surface area contributed by atoms with Crippen molar-refractivity contribution in [3.63, 3.8) is 0 Å². The lowest BCUT2D eigenvalue weighted by Gasteiger charge is -2.11. The molecule has 27 heavy (non-hydrogen) atoms. The predicted molar refractivity (Wildman–Crippen MR) is 110 cm³/mol. The van der Waals surface area contributed by atoms with Gasteiger partial charge >= 0.3 is 0 Å². The van der Waals surface area contributed by atoms with Gasteiger partial charge in [-0.25, -0.2) is 0 Å². The first-order valence-corrected chi connectivity index (χ1v) is 8.86. The van der Waals surface area contributed by atoms with E-state index in [4.69, 9.17) is 11.6 Å². The van der Waals surface area contributed by atoms with E-state index in [-0.39, 0.29) is 11.7 Å². The fourth-order valence-electron chi connectivity index (χ4n) is 2.64. The Kier molecular flexibility index (Phi) is 5.84. The molecule has 3 rings (SSSR count). The molecule has 0 bridgehead atoms. The summed E-state index contributed by atoms with van der Waals surface area (Å²) in [5, 5.41) is 3.26. The van der Waals surface area contributed by atoms with Crippen molar-refractivity contribution in [3.8, 4) is 0 Å². The third-order valence-corrected chi connectivity index (χ3v) is 4.29. The van der Waals surface area contributed by atoms with Gasteiger partial charge in [0.15, 0.2) is 5.78 Å². The number of amides is 1. The van der Waals surface area contributed by atoms with Crippen molar-refractivity contribution in [2.75, 3.05) is 5.32 Å². The van der Waals surface area contributed by atoms with E-state index >= 15 is 0 Å². The van der Waals surface area contributed by atoms with Crippen LogP contribution in [0.5, 0.6) is 0 Å². The Balaban J connectivity index is 1.88. The van der Waals surface area contributed by atoms with Crippen LogP contribution in [0, 0.1) is 0 Å². The number of hydrogen-bond donors (Lipinski definition) is 1. The molecule has 3 nitrogen and oxygen atoms in total. The SMILES string of the molecule is CC(=Cc1ccccc1)C(=O)Nc1ccc(Cl)cc1C(=O)c1ccccc1. The summed E-state index contributed by atoms with van der Waals surface area (Å²) in [5.41, 5.74) is 2.79. The minimum atomic E-state index is -0.275. The predicted octanol–water partition coefficient (Wildman–Crippen LogP) is 5.61. The van der Waals surface area contributed by atoms with Crippen molar-refractivity contribution in [1.82, 2.24) is 0 Å². The Hall–Kier alpha value is -3.17. The number of rotatable bonds is 5. The lowest BCUT2D eigenvalue weighted by Crippen LogP contribution is -2.16. The van der Waals surface area contributed by atoms with E-state index < -0.39 is 0 Å². The maximum absolute atomic E-state index is 12.8. The minimum absolute atomic E-state index is 0.196. The van der Waals surface area contributed by atoms with Gasteiger partial charge in [0.25, 0.3) is 5.91 Å². The zero-order chi connectivity index (χ0) is 19.2. The standard InChI is InChI=1S/C23H18ClNO2/c1-16(14-17-8-4-2-5-9-17)23(27)25-21-13-12-19(24)15-20(21)22(26)18-10-6-3-7-11-18/h2-15H,1H3,(H,25,27). The van der Waals surface area contributed by atoms with Gasteiger partial charge in [-0.15, -0.1) is 0 Å². The highest BCUT2D eigenvalue weighted by Crippen LogP contribution is 2.24. The molecular weight excluding hydrogens is 358 g/mol. The summed E-state index contributed by atoms with van der Waals surface area (Å²) in [6, 6.07) is 23.3. The molecule has 0 aliphatic heterocycles. The fourth-order valence-corrected chi connectivity index (χ4v) is 2.82. The van der Waals surface area contributed by atoms with E-state index in [0.29, 0.717) is 27.4 Å². The fraction of sp³-hybridized carbons (Fsp3) is 0.0435. The van der Waals surface area contributed by atoms with Crippen LogP contribution in [0.2, 0.25) is 5.02 Å². The molecule has 0 heterocycles. The molecule has 0 aromatic heterocycles. The Morgan fingerprint density at radius 1 is 0.889 bits per heavy atom. The lowest BCUT2D eigenvalue weighted by molar-refractivity contribution is -0.112. The average Bonchev–Trinajstić information content (AvgIpc) is 2.70. The van der Waals surface area contributed by atoms with Gasteiger partial charge in [-0.05, 0) is 36.8 Å². The van der Waals surface area contributed by atoms with Crippen molar-refractivity contribution in [2.45, 2.75) is 6.92 Å². The van der Waals surface area contributed by atoms with Crippen molar-refractivity contribution in [2.24, 2.45) is 0 Å². The number of ketones is 1. The van der Waals surface area contributed by atoms with Crippen LogP contribution in [0.15, 0.2) is 84.4 Å². The summed E-state index contributed by atoms with van der Waals surface area (Å²) in [6.45, 7) is 1.73. The van der Waals surface area contributed by atoms with Gasteiger partial charge in [0.05, 0.1) is 5.69 Å². The van der Waals surface area contributed by atoms with Gasteiger partial charge in [0.1, 0.15) is 0 Å². The Labute approximate surface area is 163 Å². The number of hydrogen-bond acceptors (Lipinski definition) is 2. The summed E-state index contributed by atoms with van der Waals surface area (Å²) in [7, 11) is 0. The molecule has 134 valence electrons. The molecule has 3 aromatic carbocycles. The molecule has 0 radical (unpaired) electrons. The average molecular weight is 376 g/mol. The van der Waals surface area contributed by atoms with Crippen LogP contribution in [0.4, 0.5) is 5.69 Å². The summed E-state index contributed by atoms with van der Waals surface area (Å²) < 4.78 is 0. The first-order valence-electron chi connectivity index (χ1n) is 8.48. The smallest absolute Gasteiger partial charge is 0.251 e. The third kappa shape index (κ3) is 4.72. The summed E-state index contributed by atoms with van der Waals surface area (Å²) in [4.78, 5) is 25.4. The van der Waals surface area contributed by atoms with Gasteiger partial charge in [0, 0.05) is 21.7 Å². The molecule has 0 aliphatic carbocycles. The van der Waals surface area contributed by atoms with E-state index in [1.165, 1.54) is 0 Å². The molecule has 0 saturated heterocycles. The quantitative estimate of drug-likeness (QED) is 0.465. The number of anilines is 1. The number of carbonyl (C=O) groups is 2. The van der Waals surface area contributed by atoms with Gasteiger partial charge in [-0.1, -0.05) is 72.3 Å². The van der Waals surface area contributed by atoms with Crippen LogP contribution < -0.4 is 5.32 Å². The molecule has 4 heteroatoms. The molecule has 3 aromatic rings. The largest absolute Gasteiger partial charge is 0.322 e. The number of benzene rings is 3. The lowest BCUT2D eigenvalue weighted by atomic mass is 10.0. The molecule has 1 amide bonds. The number of nitrogens with one attached hydrogen (secondary N) is 1. The van der Waals surface area contributed by atoms with E-state index in [2.05, 4.69) is 5.32 Å². The molecule has 0 fully saturated rings. The van der Waals surface area contributed by atoms with E-state index in [9.17, 15) is 9.59 Å². The monoisotopic (exact) mass is 375 g/mol. The minimum Gasteiger partial charge on any atom is -0.322 e.